The van der Waals surface area contributed by atoms with E-state index in [-0.39, 0.29) is 0 Å². The second-order valence-corrected chi connectivity index (χ2v) is 14.8. The Morgan fingerprint density at radius 2 is 0.535 bits per heavy atom. The Bertz CT molecular complexity index is 501. The molecule has 43 heavy (non-hydrogen) atoms. The fourth-order valence-corrected chi connectivity index (χ4v) is 6.28. The van der Waals surface area contributed by atoms with Gasteiger partial charge in [0.1, 0.15) is 0 Å². The van der Waals surface area contributed by atoms with Crippen LogP contribution in [0.15, 0.2) is 0 Å². The van der Waals surface area contributed by atoms with E-state index in [0.29, 0.717) is 0 Å². The summed E-state index contributed by atoms with van der Waals surface area (Å²) in [6, 6.07) is 0. The van der Waals surface area contributed by atoms with Gasteiger partial charge in [-0.1, -0.05) is 175 Å². The van der Waals surface area contributed by atoms with Crippen LogP contribution in [0.3, 0.4) is 0 Å². The minimum atomic E-state index is -4.89. The summed E-state index contributed by atoms with van der Waals surface area (Å²) >= 11 is 0. The van der Waals surface area contributed by atoms with Crippen molar-refractivity contribution in [2.75, 3.05) is 26.7 Å². The van der Waals surface area contributed by atoms with E-state index in [9.17, 15) is 0 Å². The van der Waals surface area contributed by atoms with Crippen LogP contribution in [0.25, 0.3) is 0 Å². The molecule has 0 aromatic heterocycles. The molecule has 0 radical (unpaired) electrons. The average molecular weight is 634 g/mol. The fraction of sp³-hybridized carbons (Fsp3) is 1.00. The summed E-state index contributed by atoms with van der Waals surface area (Å²) in [5.74, 6) is 0. The van der Waals surface area contributed by atoms with Crippen molar-refractivity contribution in [1.82, 2.24) is 0 Å². The Morgan fingerprint density at radius 3 is 0.698 bits per heavy atom. The van der Waals surface area contributed by atoms with Crippen LogP contribution in [-0.4, -0.2) is 41.0 Å². The van der Waals surface area contributed by atoms with Crippen LogP contribution in [0.2, 0.25) is 0 Å². The number of rotatable bonds is 33. The number of hydrogen-bond donors (Lipinski definition) is 2. The van der Waals surface area contributed by atoms with Crippen LogP contribution in [0.5, 0.6) is 0 Å². The van der Waals surface area contributed by atoms with Gasteiger partial charge >= 0.3 is 0 Å². The van der Waals surface area contributed by atoms with Crippen molar-refractivity contribution in [1.29, 1.82) is 0 Å². The highest BCUT2D eigenvalue weighted by Crippen LogP contribution is 2.19. The quantitative estimate of drug-likeness (QED) is 0.0428. The molecule has 0 bridgehead atoms. The molecule has 0 unspecified atom stereocenters. The smallest absolute Gasteiger partial charge is 0.262 e. The van der Waals surface area contributed by atoms with Gasteiger partial charge in [0.15, 0.2) is 0 Å². The summed E-state index contributed by atoms with van der Waals surface area (Å²) in [7, 11) is -2.28. The molecular weight excluding hydrogens is 553 g/mol. The van der Waals surface area contributed by atoms with Gasteiger partial charge in [-0.15, -0.1) is 0 Å². The van der Waals surface area contributed by atoms with Crippen molar-refractivity contribution in [3.05, 3.63) is 0 Å². The number of hydrogen-bond acceptors (Lipinski definition) is 2. The molecule has 0 rings (SSSR count). The number of unbranched alkanes of at least 4 members (excludes halogenated alkanes) is 27. The highest BCUT2D eigenvalue weighted by molar-refractivity contribution is 7.43. The summed E-state index contributed by atoms with van der Waals surface area (Å²) in [4.78, 5) is 22.9. The lowest BCUT2D eigenvalue weighted by Gasteiger charge is -2.35. The van der Waals surface area contributed by atoms with Crippen molar-refractivity contribution < 1.29 is 23.7 Å². The van der Waals surface area contributed by atoms with Crippen molar-refractivity contribution in [2.45, 2.75) is 213 Å². The van der Waals surface area contributed by atoms with Crippen LogP contribution in [-0.2, 0) is 4.57 Å². The average Bonchev–Trinajstić information content (AvgIpc) is 2.95. The predicted molar refractivity (Wildman–Crippen MR) is 188 cm³/mol. The molecule has 0 saturated heterocycles. The number of phosphoric acid groups is 1. The van der Waals surface area contributed by atoms with Gasteiger partial charge in [-0.25, -0.2) is 0 Å². The standard InChI is InChI=1S/C37H78N.H3O4P/c1-5-8-11-14-17-20-23-26-29-32-35-38(4,36-33-30-27-24-21-18-15-12-9-6-2)37-34-31-28-25-22-19-16-13-10-7-3;1-5(2,3)4/h5-37H2,1-4H3;(H3,1,2,3,4)/q+1;/p-1. The van der Waals surface area contributed by atoms with Crippen molar-refractivity contribution in [2.24, 2.45) is 0 Å². The molecule has 6 heteroatoms. The lowest BCUT2D eigenvalue weighted by atomic mass is 10.0. The van der Waals surface area contributed by atoms with E-state index in [4.69, 9.17) is 19.2 Å². The lowest BCUT2D eigenvalue weighted by molar-refractivity contribution is -0.910. The topological polar surface area (TPSA) is 80.6 Å². The zero-order chi connectivity index (χ0) is 32.3. The second-order valence-electron chi connectivity index (χ2n) is 13.8. The second kappa shape index (κ2) is 34.9. The van der Waals surface area contributed by atoms with E-state index in [0.717, 1.165) is 0 Å². The first-order chi connectivity index (χ1) is 20.7. The van der Waals surface area contributed by atoms with Gasteiger partial charge < -0.3 is 19.2 Å². The maximum absolute atomic E-state index is 8.77. The molecule has 0 fully saturated rings. The zero-order valence-corrected chi connectivity index (χ0v) is 30.8. The highest BCUT2D eigenvalue weighted by Gasteiger charge is 2.20. The Hall–Kier alpha value is 0.0700. The van der Waals surface area contributed by atoms with E-state index < -0.39 is 7.82 Å². The van der Waals surface area contributed by atoms with Gasteiger partial charge in [0.05, 0.1) is 26.7 Å². The first kappa shape index (κ1) is 45.2. The molecule has 0 aliphatic carbocycles. The van der Waals surface area contributed by atoms with E-state index in [1.807, 2.05) is 0 Å². The molecule has 0 atom stereocenters. The van der Waals surface area contributed by atoms with Crippen molar-refractivity contribution in [3.63, 3.8) is 0 Å². The Labute approximate surface area is 271 Å². The number of nitrogens with zero attached hydrogens (tertiary/aromatic N) is 1. The third-order valence-corrected chi connectivity index (χ3v) is 9.15. The summed E-state index contributed by atoms with van der Waals surface area (Å²) in [6.07, 6.45) is 43.8. The Morgan fingerprint density at radius 1 is 0.395 bits per heavy atom. The Kier molecular flexibility index (Phi) is 36.7. The van der Waals surface area contributed by atoms with Crippen molar-refractivity contribution >= 4 is 7.82 Å². The summed E-state index contributed by atoms with van der Waals surface area (Å²) in [6.45, 7) is 11.3. The maximum atomic E-state index is 8.77. The van der Waals surface area contributed by atoms with Gasteiger partial charge in [-0.2, -0.15) is 0 Å². The summed E-state index contributed by atoms with van der Waals surface area (Å²) < 4.78 is 10.1. The van der Waals surface area contributed by atoms with E-state index in [2.05, 4.69) is 27.8 Å². The first-order valence-corrected chi connectivity index (χ1v) is 20.8. The lowest BCUT2D eigenvalue weighted by Crippen LogP contribution is -2.46. The molecule has 0 aromatic carbocycles. The van der Waals surface area contributed by atoms with E-state index in [1.54, 1.807) is 0 Å². The van der Waals surface area contributed by atoms with Crippen LogP contribution in [0, 0.1) is 0 Å². The third kappa shape index (κ3) is 44.3. The molecule has 262 valence electrons. The number of quaternary nitrogens is 1. The molecule has 0 aliphatic rings. The van der Waals surface area contributed by atoms with Crippen LogP contribution < -0.4 is 4.89 Å². The zero-order valence-electron chi connectivity index (χ0n) is 29.9. The third-order valence-electron chi connectivity index (χ3n) is 9.15. The van der Waals surface area contributed by atoms with Crippen LogP contribution >= 0.6 is 7.82 Å². The van der Waals surface area contributed by atoms with E-state index >= 15 is 0 Å². The van der Waals surface area contributed by atoms with Gasteiger partial charge in [0.2, 0.25) is 0 Å². The van der Waals surface area contributed by atoms with E-state index in [1.165, 1.54) is 217 Å². The largest absolute Gasteiger partial charge is 0.756 e. The maximum Gasteiger partial charge on any atom is 0.262 e. The van der Waals surface area contributed by atoms with Gasteiger partial charge in [0, 0.05) is 0 Å². The monoisotopic (exact) mass is 634 g/mol. The normalized spacial score (nSPS) is 12.0. The van der Waals surface area contributed by atoms with Gasteiger partial charge in [-0.3, -0.25) is 4.57 Å². The molecule has 0 saturated carbocycles. The summed E-state index contributed by atoms with van der Waals surface area (Å²) in [5.41, 5.74) is 0. The highest BCUT2D eigenvalue weighted by atomic mass is 31.2. The van der Waals surface area contributed by atoms with Crippen LogP contribution in [0.4, 0.5) is 0 Å². The molecule has 5 nitrogen and oxygen atoms in total. The molecule has 0 aromatic rings. The molecule has 0 spiro atoms. The van der Waals surface area contributed by atoms with Crippen LogP contribution in [0.1, 0.15) is 213 Å². The minimum absolute atomic E-state index is 1.37. The minimum Gasteiger partial charge on any atom is -0.756 e. The SMILES string of the molecule is CCCCCCCCCCCC[N+](C)(CCCCCCCCCCCC)CCCCCCCCCCCC.O=P([O-])(O)O. The Balaban J connectivity index is 0. The van der Waals surface area contributed by atoms with Gasteiger partial charge in [0.25, 0.3) is 7.82 Å². The molecular formula is C37H80NO4P. The molecule has 0 aliphatic heterocycles. The van der Waals surface area contributed by atoms with Crippen molar-refractivity contribution in [3.8, 4) is 0 Å². The fourth-order valence-electron chi connectivity index (χ4n) is 6.28. The molecule has 2 N–H and O–H groups in total. The first-order valence-electron chi connectivity index (χ1n) is 19.3. The molecule has 0 heterocycles. The van der Waals surface area contributed by atoms with Gasteiger partial charge in [-0.05, 0) is 38.5 Å². The molecule has 0 amide bonds. The summed E-state index contributed by atoms with van der Waals surface area (Å²) in [5, 5.41) is 0. The predicted octanol–water partition coefficient (Wildman–Crippen LogP) is 11.6.